The van der Waals surface area contributed by atoms with Crippen molar-refractivity contribution in [1.29, 1.82) is 0 Å². The first-order valence-corrected chi connectivity index (χ1v) is 10.9. The van der Waals surface area contributed by atoms with Crippen molar-refractivity contribution in [3.05, 3.63) is 75.8 Å². The number of carbonyl (C=O) groups excluding carboxylic acids is 1. The Morgan fingerprint density at radius 1 is 1.22 bits per heavy atom. The Hall–Kier alpha value is -1.95. The van der Waals surface area contributed by atoms with Gasteiger partial charge in [-0.3, -0.25) is 9.36 Å². The summed E-state index contributed by atoms with van der Waals surface area (Å²) in [5.41, 5.74) is 0.640. The van der Waals surface area contributed by atoms with Crippen LogP contribution in [0.25, 0.3) is 16.2 Å². The van der Waals surface area contributed by atoms with E-state index in [-0.39, 0.29) is 5.56 Å². The van der Waals surface area contributed by atoms with Gasteiger partial charge >= 0.3 is 7.60 Å². The molecule has 0 bridgehead atoms. The molecule has 0 saturated carbocycles. The lowest BCUT2D eigenvalue weighted by atomic mass is 10.1. The van der Waals surface area contributed by atoms with Gasteiger partial charge in [0.25, 0.3) is 0 Å². The van der Waals surface area contributed by atoms with Crippen LogP contribution in [0.4, 0.5) is 0 Å². The van der Waals surface area contributed by atoms with Gasteiger partial charge < -0.3 is 15.1 Å². The summed E-state index contributed by atoms with van der Waals surface area (Å²) in [5, 5.41) is 5.08. The second-order valence-corrected chi connectivity index (χ2v) is 9.12. The normalized spacial score (nSPS) is 13.2. The van der Waals surface area contributed by atoms with Crippen LogP contribution in [0.1, 0.15) is 22.3 Å². The van der Waals surface area contributed by atoms with Crippen LogP contribution >= 0.6 is 30.5 Å². The highest BCUT2D eigenvalue weighted by Gasteiger charge is 2.38. The summed E-state index contributed by atoms with van der Waals surface area (Å²) in [6.45, 7) is 1.97. The quantitative estimate of drug-likeness (QED) is 0.513. The maximum absolute atomic E-state index is 12.6. The average molecular weight is 422 g/mol. The molecule has 3 N–H and O–H groups in total. The number of amides is 1. The summed E-state index contributed by atoms with van der Waals surface area (Å²) in [6.07, 6.45) is 3.05. The monoisotopic (exact) mass is 421 g/mol. The smallest absolute Gasteiger partial charge is 0.332 e. The minimum absolute atomic E-state index is 0.270. The third-order valence-corrected chi connectivity index (χ3v) is 6.43. The van der Waals surface area contributed by atoms with E-state index in [4.69, 9.17) is 11.6 Å². The summed E-state index contributed by atoms with van der Waals surface area (Å²) >= 11 is 7.31. The Morgan fingerprint density at radius 3 is 2.59 bits per heavy atom. The number of halogens is 1. The summed E-state index contributed by atoms with van der Waals surface area (Å²) in [4.78, 5) is 32.2. The summed E-state index contributed by atoms with van der Waals surface area (Å²) < 4.78 is 12.9. The first-order valence-electron chi connectivity index (χ1n) is 8.01. The average Bonchev–Trinajstić information content (AvgIpc) is 2.98. The number of carbonyl (C=O) groups is 1. The fourth-order valence-electron chi connectivity index (χ4n) is 2.68. The zero-order chi connectivity index (χ0) is 19.6. The van der Waals surface area contributed by atoms with Crippen LogP contribution in [0.3, 0.4) is 0 Å². The summed E-state index contributed by atoms with van der Waals surface area (Å²) in [7, 11) is -4.74. The van der Waals surface area contributed by atoms with Crippen molar-refractivity contribution >= 4 is 52.6 Å². The third-order valence-electron chi connectivity index (χ3n) is 4.02. The maximum atomic E-state index is 12.6. The van der Waals surface area contributed by atoms with Gasteiger partial charge in [-0.05, 0) is 53.1 Å². The molecule has 3 aromatic rings. The van der Waals surface area contributed by atoms with Gasteiger partial charge in [0.05, 0.1) is 0 Å². The number of nitrogens with one attached hydrogen (secondary N) is 1. The molecule has 5 nitrogen and oxygen atoms in total. The van der Waals surface area contributed by atoms with Crippen LogP contribution in [0.15, 0.2) is 54.0 Å². The standard InChI is InChI=1S/C19H17ClNO4PS/c1-12-2-4-13(5-3-12)8-9-21-19(22)18(26(23,24)25)16-11-27-17-7-6-14(20)10-15(16)17/h2-11,18H,1H3,(H,21,22)(H2,23,24,25)/b9-8+. The summed E-state index contributed by atoms with van der Waals surface area (Å²) in [5.74, 6) is -0.772. The van der Waals surface area contributed by atoms with Gasteiger partial charge in [0, 0.05) is 15.9 Å². The van der Waals surface area contributed by atoms with E-state index in [1.165, 1.54) is 17.5 Å². The van der Waals surface area contributed by atoms with Crippen molar-refractivity contribution in [2.45, 2.75) is 12.6 Å². The number of hydrogen-bond donors (Lipinski definition) is 3. The number of aryl methyl sites for hydroxylation is 1. The van der Waals surface area contributed by atoms with E-state index in [0.717, 1.165) is 15.8 Å². The highest BCUT2D eigenvalue weighted by molar-refractivity contribution is 7.53. The molecule has 8 heteroatoms. The van der Waals surface area contributed by atoms with Crippen LogP contribution in [0, 0.1) is 6.92 Å². The van der Waals surface area contributed by atoms with E-state index < -0.39 is 19.2 Å². The second-order valence-electron chi connectivity index (χ2n) is 6.08. The fourth-order valence-corrected chi connectivity index (χ4v) is 4.88. The molecule has 27 heavy (non-hydrogen) atoms. The molecular weight excluding hydrogens is 405 g/mol. The maximum Gasteiger partial charge on any atom is 0.342 e. The molecule has 0 saturated heterocycles. The van der Waals surface area contributed by atoms with Gasteiger partial charge in [-0.25, -0.2) is 0 Å². The molecule has 3 rings (SSSR count). The number of hydrogen-bond acceptors (Lipinski definition) is 3. The molecule has 0 fully saturated rings. The Bertz CT molecular complexity index is 1060. The van der Waals surface area contributed by atoms with Gasteiger partial charge in [-0.15, -0.1) is 11.3 Å². The lowest BCUT2D eigenvalue weighted by Crippen LogP contribution is -2.25. The van der Waals surface area contributed by atoms with Crippen molar-refractivity contribution in [3.8, 4) is 0 Å². The van der Waals surface area contributed by atoms with Gasteiger partial charge in [0.15, 0.2) is 5.66 Å². The van der Waals surface area contributed by atoms with E-state index in [0.29, 0.717) is 10.4 Å². The van der Waals surface area contributed by atoms with Crippen LogP contribution in [0.2, 0.25) is 5.02 Å². The van der Waals surface area contributed by atoms with Crippen molar-refractivity contribution in [3.63, 3.8) is 0 Å². The fraction of sp³-hybridized carbons (Fsp3) is 0.105. The predicted molar refractivity (Wildman–Crippen MR) is 110 cm³/mol. The predicted octanol–water partition coefficient (Wildman–Crippen LogP) is 4.87. The molecule has 1 amide bonds. The molecule has 0 aliphatic carbocycles. The Kier molecular flexibility index (Phi) is 5.84. The van der Waals surface area contributed by atoms with Crippen molar-refractivity contribution in [1.82, 2.24) is 5.32 Å². The lowest BCUT2D eigenvalue weighted by Gasteiger charge is -2.16. The largest absolute Gasteiger partial charge is 0.342 e. The summed E-state index contributed by atoms with van der Waals surface area (Å²) in [6, 6.07) is 12.7. The molecule has 140 valence electrons. The Balaban J connectivity index is 1.88. The van der Waals surface area contributed by atoms with E-state index in [2.05, 4.69) is 5.32 Å². The number of rotatable bonds is 5. The van der Waals surface area contributed by atoms with Crippen molar-refractivity contribution in [2.24, 2.45) is 0 Å². The van der Waals surface area contributed by atoms with Crippen LogP contribution in [-0.2, 0) is 9.36 Å². The molecule has 2 aromatic carbocycles. The SMILES string of the molecule is Cc1ccc(/C=C/NC(=O)C(c2csc3ccc(Cl)cc23)P(=O)(O)O)cc1. The van der Waals surface area contributed by atoms with Crippen molar-refractivity contribution < 1.29 is 19.1 Å². The Morgan fingerprint density at radius 2 is 1.93 bits per heavy atom. The highest BCUT2D eigenvalue weighted by Crippen LogP contribution is 2.54. The molecule has 1 aromatic heterocycles. The third kappa shape index (κ3) is 4.67. The number of fused-ring (bicyclic) bond motifs is 1. The van der Waals surface area contributed by atoms with E-state index in [9.17, 15) is 19.1 Å². The molecular formula is C19H17ClNO4PS. The van der Waals surface area contributed by atoms with E-state index in [1.54, 1.807) is 29.7 Å². The highest BCUT2D eigenvalue weighted by atomic mass is 35.5. The lowest BCUT2D eigenvalue weighted by molar-refractivity contribution is -0.120. The minimum Gasteiger partial charge on any atom is -0.332 e. The van der Waals surface area contributed by atoms with E-state index in [1.807, 2.05) is 31.2 Å². The van der Waals surface area contributed by atoms with E-state index >= 15 is 0 Å². The van der Waals surface area contributed by atoms with Gasteiger partial charge in [-0.1, -0.05) is 41.4 Å². The van der Waals surface area contributed by atoms with Gasteiger partial charge in [0.2, 0.25) is 5.91 Å². The molecule has 1 atom stereocenters. The van der Waals surface area contributed by atoms with Crippen molar-refractivity contribution in [2.75, 3.05) is 0 Å². The first-order chi connectivity index (χ1) is 12.8. The molecule has 1 unspecified atom stereocenters. The zero-order valence-corrected chi connectivity index (χ0v) is 16.8. The topological polar surface area (TPSA) is 86.6 Å². The van der Waals surface area contributed by atoms with Crippen LogP contribution in [0.5, 0.6) is 0 Å². The molecule has 0 aliphatic rings. The molecule has 1 heterocycles. The van der Waals surface area contributed by atoms with Gasteiger partial charge in [0.1, 0.15) is 0 Å². The van der Waals surface area contributed by atoms with Gasteiger partial charge in [-0.2, -0.15) is 0 Å². The molecule has 0 aliphatic heterocycles. The zero-order valence-electron chi connectivity index (χ0n) is 14.3. The minimum atomic E-state index is -4.74. The number of thiophene rings is 1. The molecule has 0 spiro atoms. The number of benzene rings is 2. The van der Waals surface area contributed by atoms with Crippen LogP contribution < -0.4 is 5.32 Å². The van der Waals surface area contributed by atoms with Crippen LogP contribution in [-0.4, -0.2) is 15.7 Å². The Labute approximate surface area is 165 Å². The second kappa shape index (κ2) is 7.97. The molecule has 0 radical (unpaired) electrons. The first kappa shape index (κ1) is 19.8.